The van der Waals surface area contributed by atoms with Crippen LogP contribution in [0.1, 0.15) is 11.3 Å². The standard InChI is InChI=1S/C16H20N4O2S/c1-19(10-12-5-3-4-6-14(12)22-2)15(21)17-9-13-11-20-7-8-23-16(20)18-13/h3-6,11H,7-10H2,1-2H3,(H,17,21). The minimum absolute atomic E-state index is 0.128. The number of ether oxygens (including phenoxy) is 1. The summed E-state index contributed by atoms with van der Waals surface area (Å²) in [5.41, 5.74) is 1.87. The summed E-state index contributed by atoms with van der Waals surface area (Å²) in [5.74, 6) is 1.87. The topological polar surface area (TPSA) is 59.4 Å². The number of carbonyl (C=O) groups is 1. The molecule has 3 rings (SSSR count). The molecule has 0 saturated carbocycles. The van der Waals surface area contributed by atoms with Crippen molar-refractivity contribution in [1.82, 2.24) is 19.8 Å². The molecule has 2 aromatic rings. The van der Waals surface area contributed by atoms with Gasteiger partial charge in [0.05, 0.1) is 25.9 Å². The second-order valence-corrected chi connectivity index (χ2v) is 6.45. The predicted molar refractivity (Wildman–Crippen MR) is 89.6 cm³/mol. The lowest BCUT2D eigenvalue weighted by Gasteiger charge is -2.19. The van der Waals surface area contributed by atoms with Gasteiger partial charge in [-0.3, -0.25) is 0 Å². The summed E-state index contributed by atoms with van der Waals surface area (Å²) in [5, 5.41) is 3.94. The molecule has 0 spiro atoms. The Balaban J connectivity index is 1.54. The number of fused-ring (bicyclic) bond motifs is 1. The number of para-hydroxylation sites is 1. The van der Waals surface area contributed by atoms with Crippen LogP contribution in [-0.4, -0.2) is 40.4 Å². The van der Waals surface area contributed by atoms with E-state index in [1.807, 2.05) is 30.5 Å². The van der Waals surface area contributed by atoms with Crippen molar-refractivity contribution < 1.29 is 9.53 Å². The first-order valence-electron chi connectivity index (χ1n) is 7.47. The normalized spacial score (nSPS) is 12.8. The minimum atomic E-state index is -0.128. The highest BCUT2D eigenvalue weighted by molar-refractivity contribution is 7.99. The number of thioether (sulfide) groups is 1. The number of nitrogens with one attached hydrogen (secondary N) is 1. The van der Waals surface area contributed by atoms with Crippen LogP contribution in [0.2, 0.25) is 0 Å². The molecule has 0 unspecified atom stereocenters. The van der Waals surface area contributed by atoms with Crippen molar-refractivity contribution in [1.29, 1.82) is 0 Å². The van der Waals surface area contributed by atoms with Crippen LogP contribution in [0.3, 0.4) is 0 Å². The molecule has 122 valence electrons. The van der Waals surface area contributed by atoms with Crippen LogP contribution < -0.4 is 10.1 Å². The lowest BCUT2D eigenvalue weighted by molar-refractivity contribution is 0.206. The zero-order chi connectivity index (χ0) is 16.2. The van der Waals surface area contributed by atoms with Crippen LogP contribution in [0.4, 0.5) is 4.79 Å². The summed E-state index contributed by atoms with van der Waals surface area (Å²) in [6, 6.07) is 7.58. The monoisotopic (exact) mass is 332 g/mol. The SMILES string of the molecule is COc1ccccc1CN(C)C(=O)NCc1cn2c(n1)SCC2. The van der Waals surface area contributed by atoms with Crippen molar-refractivity contribution >= 4 is 17.8 Å². The van der Waals surface area contributed by atoms with E-state index in [0.717, 1.165) is 34.5 Å². The molecule has 0 radical (unpaired) electrons. The molecule has 1 aliphatic heterocycles. The van der Waals surface area contributed by atoms with Crippen molar-refractivity contribution in [2.45, 2.75) is 24.8 Å². The van der Waals surface area contributed by atoms with Gasteiger partial charge in [0.1, 0.15) is 5.75 Å². The molecule has 23 heavy (non-hydrogen) atoms. The van der Waals surface area contributed by atoms with Crippen LogP contribution >= 0.6 is 11.8 Å². The Bertz CT molecular complexity index is 680. The molecule has 0 saturated heterocycles. The summed E-state index contributed by atoms with van der Waals surface area (Å²) < 4.78 is 7.45. The van der Waals surface area contributed by atoms with Crippen molar-refractivity contribution in [2.24, 2.45) is 0 Å². The first kappa shape index (κ1) is 15.7. The third-order valence-electron chi connectivity index (χ3n) is 3.72. The number of amides is 2. The van der Waals surface area contributed by atoms with E-state index in [4.69, 9.17) is 4.74 Å². The Kier molecular flexibility index (Phi) is 4.76. The largest absolute Gasteiger partial charge is 0.496 e. The van der Waals surface area contributed by atoms with Gasteiger partial charge in [-0.2, -0.15) is 0 Å². The molecule has 0 aliphatic carbocycles. The smallest absolute Gasteiger partial charge is 0.317 e. The van der Waals surface area contributed by atoms with E-state index in [-0.39, 0.29) is 6.03 Å². The number of aryl methyl sites for hydroxylation is 1. The van der Waals surface area contributed by atoms with Crippen molar-refractivity contribution in [3.63, 3.8) is 0 Å². The van der Waals surface area contributed by atoms with E-state index in [1.165, 1.54) is 0 Å². The summed E-state index contributed by atoms with van der Waals surface area (Å²) >= 11 is 1.75. The number of hydrogen-bond acceptors (Lipinski definition) is 4. The van der Waals surface area contributed by atoms with Crippen LogP contribution in [-0.2, 0) is 19.6 Å². The average Bonchev–Trinajstić information content (AvgIpc) is 3.14. The molecule has 0 atom stereocenters. The zero-order valence-electron chi connectivity index (χ0n) is 13.3. The number of imidazole rings is 1. The maximum absolute atomic E-state index is 12.2. The highest BCUT2D eigenvalue weighted by Gasteiger charge is 2.16. The van der Waals surface area contributed by atoms with Gasteiger partial charge in [0, 0.05) is 31.1 Å². The van der Waals surface area contributed by atoms with E-state index in [9.17, 15) is 4.79 Å². The minimum Gasteiger partial charge on any atom is -0.496 e. The number of hydrogen-bond donors (Lipinski definition) is 1. The van der Waals surface area contributed by atoms with E-state index in [0.29, 0.717) is 13.1 Å². The fourth-order valence-corrected chi connectivity index (χ4v) is 3.47. The average molecular weight is 332 g/mol. The number of aromatic nitrogens is 2. The number of methoxy groups -OCH3 is 1. The fraction of sp³-hybridized carbons (Fsp3) is 0.375. The summed E-state index contributed by atoms with van der Waals surface area (Å²) in [7, 11) is 3.40. The summed E-state index contributed by atoms with van der Waals surface area (Å²) in [6.45, 7) is 1.93. The summed E-state index contributed by atoms with van der Waals surface area (Å²) in [4.78, 5) is 18.4. The van der Waals surface area contributed by atoms with Crippen LogP contribution in [0.25, 0.3) is 0 Å². The van der Waals surface area contributed by atoms with Gasteiger partial charge in [0.2, 0.25) is 0 Å². The summed E-state index contributed by atoms with van der Waals surface area (Å²) in [6.07, 6.45) is 2.01. The van der Waals surface area contributed by atoms with Crippen LogP contribution in [0.5, 0.6) is 5.75 Å². The second-order valence-electron chi connectivity index (χ2n) is 5.38. The van der Waals surface area contributed by atoms with Gasteiger partial charge in [0.25, 0.3) is 0 Å². The van der Waals surface area contributed by atoms with Gasteiger partial charge in [-0.1, -0.05) is 30.0 Å². The molecule has 2 heterocycles. The Labute approximate surface area is 139 Å². The van der Waals surface area contributed by atoms with Crippen molar-refractivity contribution in [3.05, 3.63) is 41.7 Å². The Morgan fingerprint density at radius 2 is 2.30 bits per heavy atom. The van der Waals surface area contributed by atoms with Gasteiger partial charge >= 0.3 is 6.03 Å². The molecule has 0 fully saturated rings. The second kappa shape index (κ2) is 6.95. The highest BCUT2D eigenvalue weighted by atomic mass is 32.2. The molecule has 0 bridgehead atoms. The van der Waals surface area contributed by atoms with Gasteiger partial charge in [-0.05, 0) is 6.07 Å². The van der Waals surface area contributed by atoms with Crippen LogP contribution in [0.15, 0.2) is 35.6 Å². The number of rotatable bonds is 5. The number of urea groups is 1. The molecular formula is C16H20N4O2S. The molecule has 1 aliphatic rings. The van der Waals surface area contributed by atoms with E-state index < -0.39 is 0 Å². The lowest BCUT2D eigenvalue weighted by atomic mass is 10.2. The maximum Gasteiger partial charge on any atom is 0.317 e. The Morgan fingerprint density at radius 1 is 1.48 bits per heavy atom. The fourth-order valence-electron chi connectivity index (χ4n) is 2.51. The molecule has 7 heteroatoms. The van der Waals surface area contributed by atoms with Gasteiger partial charge < -0.3 is 19.5 Å². The van der Waals surface area contributed by atoms with E-state index in [2.05, 4.69) is 14.9 Å². The molecule has 1 aromatic heterocycles. The quantitative estimate of drug-likeness (QED) is 0.913. The van der Waals surface area contributed by atoms with Crippen molar-refractivity contribution in [2.75, 3.05) is 19.9 Å². The number of nitrogens with zero attached hydrogens (tertiary/aromatic N) is 3. The Morgan fingerprint density at radius 3 is 3.09 bits per heavy atom. The highest BCUT2D eigenvalue weighted by Crippen LogP contribution is 2.24. The molecule has 6 nitrogen and oxygen atoms in total. The molecular weight excluding hydrogens is 312 g/mol. The lowest BCUT2D eigenvalue weighted by Crippen LogP contribution is -2.36. The van der Waals surface area contributed by atoms with Gasteiger partial charge in [-0.15, -0.1) is 0 Å². The first-order chi connectivity index (χ1) is 11.2. The zero-order valence-corrected chi connectivity index (χ0v) is 14.1. The van der Waals surface area contributed by atoms with Gasteiger partial charge in [-0.25, -0.2) is 9.78 Å². The van der Waals surface area contributed by atoms with Crippen molar-refractivity contribution in [3.8, 4) is 5.75 Å². The van der Waals surface area contributed by atoms with E-state index in [1.54, 1.807) is 30.8 Å². The number of benzene rings is 1. The van der Waals surface area contributed by atoms with Gasteiger partial charge in [0.15, 0.2) is 5.16 Å². The third kappa shape index (κ3) is 3.61. The maximum atomic E-state index is 12.2. The number of carbonyl (C=O) groups excluding carboxylic acids is 1. The predicted octanol–water partition coefficient (Wildman–Crippen LogP) is 2.34. The third-order valence-corrected chi connectivity index (χ3v) is 4.69. The Hall–Kier alpha value is -2.15. The molecule has 2 amide bonds. The van der Waals surface area contributed by atoms with Crippen LogP contribution in [0, 0.1) is 0 Å². The first-order valence-corrected chi connectivity index (χ1v) is 8.45. The molecule has 1 N–H and O–H groups in total. The van der Waals surface area contributed by atoms with E-state index >= 15 is 0 Å². The molecule has 1 aromatic carbocycles.